The fourth-order valence-electron chi connectivity index (χ4n) is 2.67. The van der Waals surface area contributed by atoms with Crippen molar-refractivity contribution in [3.8, 4) is 5.75 Å². The minimum absolute atomic E-state index is 0.0219. The first kappa shape index (κ1) is 19.4. The van der Waals surface area contributed by atoms with Crippen LogP contribution in [0.1, 0.15) is 5.56 Å². The summed E-state index contributed by atoms with van der Waals surface area (Å²) >= 11 is 0. The number of fused-ring (bicyclic) bond motifs is 1. The van der Waals surface area contributed by atoms with Gasteiger partial charge in [-0.05, 0) is 29.8 Å². The first-order valence-corrected chi connectivity index (χ1v) is 9.04. The number of carbonyl (C=O) groups is 1. The maximum atomic E-state index is 11.2. The van der Waals surface area contributed by atoms with Gasteiger partial charge in [0, 0.05) is 25.0 Å². The number of rotatable bonds is 9. The molecule has 28 heavy (non-hydrogen) atoms. The summed E-state index contributed by atoms with van der Waals surface area (Å²) in [6, 6.07) is 15.7. The summed E-state index contributed by atoms with van der Waals surface area (Å²) in [4.78, 5) is 20.3. The van der Waals surface area contributed by atoms with Crippen LogP contribution in [0.5, 0.6) is 5.75 Å². The number of nitrogens with two attached hydrogens (primary N) is 1. The van der Waals surface area contributed by atoms with E-state index in [0.717, 1.165) is 28.0 Å². The van der Waals surface area contributed by atoms with Crippen LogP contribution in [0.25, 0.3) is 10.9 Å². The van der Waals surface area contributed by atoms with E-state index in [1.807, 2.05) is 48.5 Å². The van der Waals surface area contributed by atoms with E-state index in [4.69, 9.17) is 10.5 Å². The van der Waals surface area contributed by atoms with Crippen molar-refractivity contribution in [2.24, 2.45) is 5.73 Å². The average molecular weight is 380 g/mol. The lowest BCUT2D eigenvalue weighted by Crippen LogP contribution is -2.33. The van der Waals surface area contributed by atoms with E-state index in [-0.39, 0.29) is 12.5 Å². The average Bonchev–Trinajstić information content (AvgIpc) is 2.75. The number of nitrogens with one attached hydrogen (secondary N) is 3. The highest BCUT2D eigenvalue weighted by Crippen LogP contribution is 2.22. The summed E-state index contributed by atoms with van der Waals surface area (Å²) < 4.78 is 5.19. The normalized spacial score (nSPS) is 10.5. The van der Waals surface area contributed by atoms with Gasteiger partial charge in [-0.25, -0.2) is 4.98 Å². The largest absolute Gasteiger partial charge is 0.497 e. The molecule has 0 aliphatic carbocycles. The molecular formula is C20H24N6O2. The van der Waals surface area contributed by atoms with Crippen molar-refractivity contribution in [3.05, 3.63) is 54.1 Å². The van der Waals surface area contributed by atoms with Gasteiger partial charge in [-0.2, -0.15) is 4.98 Å². The van der Waals surface area contributed by atoms with Gasteiger partial charge < -0.3 is 26.4 Å². The zero-order chi connectivity index (χ0) is 19.8. The monoisotopic (exact) mass is 380 g/mol. The van der Waals surface area contributed by atoms with E-state index in [1.54, 1.807) is 7.11 Å². The molecule has 0 saturated carbocycles. The van der Waals surface area contributed by atoms with E-state index >= 15 is 0 Å². The molecule has 8 heteroatoms. The smallest absolute Gasteiger partial charge is 0.233 e. The third-order valence-electron chi connectivity index (χ3n) is 4.14. The van der Waals surface area contributed by atoms with E-state index in [9.17, 15) is 4.79 Å². The van der Waals surface area contributed by atoms with Crippen molar-refractivity contribution in [1.82, 2.24) is 15.3 Å². The molecule has 1 heterocycles. The Morgan fingerprint density at radius 1 is 1.04 bits per heavy atom. The molecule has 0 atom stereocenters. The Kier molecular flexibility index (Phi) is 6.59. The van der Waals surface area contributed by atoms with E-state index in [0.29, 0.717) is 25.6 Å². The van der Waals surface area contributed by atoms with Gasteiger partial charge in [0.25, 0.3) is 0 Å². The molecule has 1 aromatic heterocycles. The highest BCUT2D eigenvalue weighted by atomic mass is 16.5. The van der Waals surface area contributed by atoms with Gasteiger partial charge >= 0.3 is 0 Å². The maximum Gasteiger partial charge on any atom is 0.233 e. The number of nitrogens with zero attached hydrogens (tertiary/aromatic N) is 2. The lowest BCUT2D eigenvalue weighted by atomic mass is 10.2. The number of aromatic nitrogens is 2. The summed E-state index contributed by atoms with van der Waals surface area (Å²) in [6.45, 7) is 1.55. The van der Waals surface area contributed by atoms with Gasteiger partial charge in [-0.15, -0.1) is 0 Å². The van der Waals surface area contributed by atoms with Crippen LogP contribution in [0.2, 0.25) is 0 Å². The number of amides is 1. The quantitative estimate of drug-likeness (QED) is 0.418. The van der Waals surface area contributed by atoms with Crippen LogP contribution in [0.15, 0.2) is 48.5 Å². The number of ether oxygens (including phenoxy) is 1. The van der Waals surface area contributed by atoms with Gasteiger partial charge in [-0.1, -0.05) is 24.3 Å². The predicted molar refractivity (Wildman–Crippen MR) is 110 cm³/mol. The topological polar surface area (TPSA) is 114 Å². The Labute approximate surface area is 163 Å². The van der Waals surface area contributed by atoms with Crippen LogP contribution in [0, 0.1) is 0 Å². The summed E-state index contributed by atoms with van der Waals surface area (Å²) in [5.41, 5.74) is 7.22. The van der Waals surface area contributed by atoms with Gasteiger partial charge in [0.05, 0.1) is 19.2 Å². The molecule has 5 N–H and O–H groups in total. The molecule has 3 rings (SSSR count). The Hall–Kier alpha value is -3.39. The number of para-hydroxylation sites is 1. The van der Waals surface area contributed by atoms with Crippen molar-refractivity contribution >= 4 is 28.6 Å². The van der Waals surface area contributed by atoms with E-state index in [1.165, 1.54) is 0 Å². The third kappa shape index (κ3) is 5.08. The fourth-order valence-corrected chi connectivity index (χ4v) is 2.67. The Morgan fingerprint density at radius 2 is 1.82 bits per heavy atom. The van der Waals surface area contributed by atoms with E-state index < -0.39 is 0 Å². The lowest BCUT2D eigenvalue weighted by Gasteiger charge is -2.12. The van der Waals surface area contributed by atoms with Crippen LogP contribution in [-0.4, -0.2) is 42.6 Å². The maximum absolute atomic E-state index is 11.2. The summed E-state index contributed by atoms with van der Waals surface area (Å²) in [6.07, 6.45) is 0. The number of hydrogen-bond donors (Lipinski definition) is 4. The zero-order valence-corrected chi connectivity index (χ0v) is 15.7. The van der Waals surface area contributed by atoms with Crippen molar-refractivity contribution in [2.75, 3.05) is 37.4 Å². The number of methoxy groups -OCH3 is 1. The number of anilines is 2. The van der Waals surface area contributed by atoms with Crippen LogP contribution in [0.4, 0.5) is 11.8 Å². The molecule has 0 spiro atoms. The molecule has 0 unspecified atom stereocenters. The summed E-state index contributed by atoms with van der Waals surface area (Å²) in [5.74, 6) is 1.88. The van der Waals surface area contributed by atoms with Gasteiger partial charge in [-0.3, -0.25) is 4.79 Å². The highest BCUT2D eigenvalue weighted by Gasteiger charge is 2.07. The minimum Gasteiger partial charge on any atom is -0.497 e. The van der Waals surface area contributed by atoms with Gasteiger partial charge in [0.1, 0.15) is 11.6 Å². The Bertz CT molecular complexity index is 930. The number of carbonyl (C=O) groups excluding carboxylic acids is 1. The molecule has 0 aliphatic rings. The summed E-state index contributed by atoms with van der Waals surface area (Å²) in [5, 5.41) is 10.2. The molecular weight excluding hydrogens is 356 g/mol. The first-order chi connectivity index (χ1) is 13.7. The molecule has 3 aromatic rings. The molecule has 0 fully saturated rings. The van der Waals surface area contributed by atoms with Crippen molar-refractivity contribution in [2.45, 2.75) is 6.54 Å². The fraction of sp³-hybridized carbons (Fsp3) is 0.250. The van der Waals surface area contributed by atoms with E-state index in [2.05, 4.69) is 25.9 Å². The second-order valence-electron chi connectivity index (χ2n) is 6.10. The molecule has 0 radical (unpaired) electrons. The SMILES string of the molecule is COc1ccc(CNc2nc(NCCNC(=O)CN)nc3ccccc23)cc1. The molecule has 0 saturated heterocycles. The molecule has 8 nitrogen and oxygen atoms in total. The lowest BCUT2D eigenvalue weighted by molar-refractivity contribution is -0.119. The van der Waals surface area contributed by atoms with Gasteiger partial charge in [0.15, 0.2) is 0 Å². The minimum atomic E-state index is -0.192. The standard InChI is InChI=1S/C20H24N6O2/c1-28-15-8-6-14(7-9-15)13-24-19-16-4-2-3-5-17(16)25-20(26-19)23-11-10-22-18(27)12-21/h2-9H,10-13,21H2,1H3,(H,22,27)(H2,23,24,25,26). The molecule has 146 valence electrons. The second kappa shape index (κ2) is 9.52. The molecule has 1 amide bonds. The number of hydrogen-bond acceptors (Lipinski definition) is 7. The van der Waals surface area contributed by atoms with Crippen LogP contribution < -0.4 is 26.4 Å². The number of benzene rings is 2. The zero-order valence-electron chi connectivity index (χ0n) is 15.7. The Balaban J connectivity index is 1.71. The second-order valence-corrected chi connectivity index (χ2v) is 6.10. The van der Waals surface area contributed by atoms with Gasteiger partial charge in [0.2, 0.25) is 11.9 Å². The third-order valence-corrected chi connectivity index (χ3v) is 4.14. The van der Waals surface area contributed by atoms with Crippen molar-refractivity contribution in [1.29, 1.82) is 0 Å². The molecule has 2 aromatic carbocycles. The highest BCUT2D eigenvalue weighted by molar-refractivity contribution is 5.90. The molecule has 0 aliphatic heterocycles. The van der Waals surface area contributed by atoms with Crippen molar-refractivity contribution in [3.63, 3.8) is 0 Å². The predicted octanol–water partition coefficient (Wildman–Crippen LogP) is 1.74. The van der Waals surface area contributed by atoms with Crippen LogP contribution in [-0.2, 0) is 11.3 Å². The van der Waals surface area contributed by atoms with Crippen LogP contribution >= 0.6 is 0 Å². The van der Waals surface area contributed by atoms with Crippen LogP contribution in [0.3, 0.4) is 0 Å². The molecule has 0 bridgehead atoms. The summed E-state index contributed by atoms with van der Waals surface area (Å²) in [7, 11) is 1.65. The van der Waals surface area contributed by atoms with Crippen molar-refractivity contribution < 1.29 is 9.53 Å². The first-order valence-electron chi connectivity index (χ1n) is 9.04. The Morgan fingerprint density at radius 3 is 2.57 bits per heavy atom.